The lowest BCUT2D eigenvalue weighted by Crippen LogP contribution is -2.61. The molecule has 0 aliphatic carbocycles. The molecule has 0 saturated heterocycles. The van der Waals surface area contributed by atoms with Gasteiger partial charge in [-0.25, -0.2) is 0 Å². The molecule has 6 heteroatoms. The van der Waals surface area contributed by atoms with Crippen molar-refractivity contribution >= 4 is 33.6 Å². The molecule has 0 aromatic heterocycles. The Morgan fingerprint density at radius 3 is 2.86 bits per heavy atom. The fraction of sp³-hybridized carbons (Fsp3) is 0.273. The number of nitrogens with zero attached hydrogens (tertiary/aromatic N) is 2. The Bertz CT molecular complexity index is 1020. The van der Waals surface area contributed by atoms with Crippen LogP contribution in [-0.4, -0.2) is 24.7 Å². The summed E-state index contributed by atoms with van der Waals surface area (Å²) in [5.41, 5.74) is 1.81. The van der Waals surface area contributed by atoms with Gasteiger partial charge in [0.15, 0.2) is 0 Å². The lowest BCUT2D eigenvalue weighted by molar-refractivity contribution is -0.120. The van der Waals surface area contributed by atoms with Crippen LogP contribution in [0, 0.1) is 11.3 Å². The second-order valence-corrected chi connectivity index (χ2v) is 8.39. The molecule has 1 N–H and O–H groups in total. The minimum Gasteiger partial charge on any atom is -0.463 e. The summed E-state index contributed by atoms with van der Waals surface area (Å²) in [7, 11) is 0. The lowest BCUT2D eigenvalue weighted by Gasteiger charge is -2.46. The number of carbonyl (C=O) groups is 1. The molecule has 4 rings (SSSR count). The molecule has 142 valence electrons. The van der Waals surface area contributed by atoms with Crippen molar-refractivity contribution in [1.29, 1.82) is 5.26 Å². The van der Waals surface area contributed by atoms with Crippen molar-refractivity contribution in [3.05, 3.63) is 64.1 Å². The molecule has 1 amide bonds. The van der Waals surface area contributed by atoms with Gasteiger partial charge in [0, 0.05) is 15.7 Å². The number of para-hydroxylation sites is 1. The molecule has 2 aliphatic rings. The number of ether oxygens (including phenoxy) is 1. The first-order valence-electron chi connectivity index (χ1n) is 9.08. The van der Waals surface area contributed by atoms with Gasteiger partial charge in [0.25, 0.3) is 0 Å². The van der Waals surface area contributed by atoms with Gasteiger partial charge in [-0.2, -0.15) is 5.26 Å². The van der Waals surface area contributed by atoms with E-state index >= 15 is 0 Å². The summed E-state index contributed by atoms with van der Waals surface area (Å²) in [6, 6.07) is 15.9. The Labute approximate surface area is 172 Å². The maximum atomic E-state index is 12.5. The zero-order chi connectivity index (χ0) is 19.9. The maximum Gasteiger partial charge on any atom is 0.240 e. The molecule has 0 fully saturated rings. The van der Waals surface area contributed by atoms with E-state index in [9.17, 15) is 4.79 Å². The van der Waals surface area contributed by atoms with Crippen LogP contribution in [0.2, 0.25) is 0 Å². The molecule has 2 heterocycles. The third kappa shape index (κ3) is 2.70. The average molecular weight is 438 g/mol. The Balaban J connectivity index is 1.82. The van der Waals surface area contributed by atoms with Crippen molar-refractivity contribution in [1.82, 2.24) is 5.32 Å². The van der Waals surface area contributed by atoms with Crippen molar-refractivity contribution < 1.29 is 9.53 Å². The van der Waals surface area contributed by atoms with Gasteiger partial charge in [0.2, 0.25) is 11.6 Å². The van der Waals surface area contributed by atoms with Crippen molar-refractivity contribution in [2.75, 3.05) is 18.0 Å². The predicted molar refractivity (Wildman–Crippen MR) is 112 cm³/mol. The van der Waals surface area contributed by atoms with Crippen LogP contribution in [0.5, 0.6) is 5.75 Å². The van der Waals surface area contributed by atoms with Crippen LogP contribution in [-0.2, 0) is 10.2 Å². The average Bonchev–Trinajstić information content (AvgIpc) is 2.85. The molecule has 2 aromatic rings. The fourth-order valence-electron chi connectivity index (χ4n) is 4.11. The number of carbonyl (C=O) groups excluding carboxylic acids is 1. The zero-order valence-corrected chi connectivity index (χ0v) is 17.3. The smallest absolute Gasteiger partial charge is 0.240 e. The van der Waals surface area contributed by atoms with Gasteiger partial charge in [-0.05, 0) is 49.8 Å². The van der Waals surface area contributed by atoms with Gasteiger partial charge in [0.05, 0.1) is 11.5 Å². The van der Waals surface area contributed by atoms with Crippen LogP contribution in [0.15, 0.2) is 53.0 Å². The van der Waals surface area contributed by atoms with Crippen molar-refractivity contribution in [3.63, 3.8) is 0 Å². The highest BCUT2D eigenvalue weighted by Gasteiger charge is 2.59. The quantitative estimate of drug-likeness (QED) is 0.737. The number of rotatable bonds is 3. The first-order valence-corrected chi connectivity index (χ1v) is 9.87. The number of fused-ring (bicyclic) bond motifs is 2. The molecule has 5 nitrogen and oxygen atoms in total. The SMILES string of the molecule is CC1(C)c2ccccc2N(CC(=O)NCC#N)C12C=Cc1ccc(Br)cc1O2. The molecule has 0 bridgehead atoms. The van der Waals surface area contributed by atoms with Crippen molar-refractivity contribution in [2.45, 2.75) is 25.0 Å². The summed E-state index contributed by atoms with van der Waals surface area (Å²) in [5.74, 6) is 0.547. The Hall–Kier alpha value is -2.78. The topological polar surface area (TPSA) is 65.4 Å². The summed E-state index contributed by atoms with van der Waals surface area (Å²) in [6.07, 6.45) is 4.10. The van der Waals surface area contributed by atoms with Gasteiger partial charge in [-0.3, -0.25) is 4.79 Å². The normalized spacial score (nSPS) is 20.9. The van der Waals surface area contributed by atoms with E-state index in [0.29, 0.717) is 0 Å². The van der Waals surface area contributed by atoms with Crippen molar-refractivity contribution in [2.24, 2.45) is 0 Å². The highest BCUT2D eigenvalue weighted by molar-refractivity contribution is 9.10. The number of nitriles is 1. The van der Waals surface area contributed by atoms with Gasteiger partial charge >= 0.3 is 0 Å². The number of hydrogen-bond acceptors (Lipinski definition) is 4. The summed E-state index contributed by atoms with van der Waals surface area (Å²) < 4.78 is 7.57. The molecule has 1 unspecified atom stereocenters. The van der Waals surface area contributed by atoms with E-state index in [1.807, 2.05) is 53.4 Å². The van der Waals surface area contributed by atoms with Crippen LogP contribution in [0.3, 0.4) is 0 Å². The third-order valence-electron chi connectivity index (χ3n) is 5.56. The number of halogens is 1. The van der Waals surface area contributed by atoms with E-state index in [2.05, 4.69) is 47.2 Å². The van der Waals surface area contributed by atoms with Gasteiger partial charge in [-0.15, -0.1) is 0 Å². The fourth-order valence-corrected chi connectivity index (χ4v) is 4.45. The summed E-state index contributed by atoms with van der Waals surface area (Å²) in [5, 5.41) is 11.4. The highest BCUT2D eigenvalue weighted by Crippen LogP contribution is 2.54. The van der Waals surface area contributed by atoms with E-state index in [1.54, 1.807) is 0 Å². The first-order chi connectivity index (χ1) is 13.4. The Kier molecular flexibility index (Phi) is 4.43. The Morgan fingerprint density at radius 2 is 2.07 bits per heavy atom. The molecule has 0 saturated carbocycles. The van der Waals surface area contributed by atoms with E-state index in [1.165, 1.54) is 0 Å². The predicted octanol–water partition coefficient (Wildman–Crippen LogP) is 3.99. The largest absolute Gasteiger partial charge is 0.463 e. The maximum absolute atomic E-state index is 12.5. The minimum absolute atomic E-state index is 0.0167. The lowest BCUT2D eigenvalue weighted by atomic mass is 9.76. The summed E-state index contributed by atoms with van der Waals surface area (Å²) in [4.78, 5) is 14.5. The number of anilines is 1. The van der Waals surface area contributed by atoms with E-state index < -0.39 is 11.1 Å². The van der Waals surface area contributed by atoms with Crippen LogP contribution in [0.1, 0.15) is 25.0 Å². The molecule has 2 aromatic carbocycles. The van der Waals surface area contributed by atoms with Gasteiger partial charge in [0.1, 0.15) is 18.8 Å². The first kappa shape index (κ1) is 18.6. The molecular formula is C22H20BrN3O2. The molecule has 2 aliphatic heterocycles. The van der Waals surface area contributed by atoms with E-state index in [0.717, 1.165) is 27.0 Å². The summed E-state index contributed by atoms with van der Waals surface area (Å²) in [6.45, 7) is 4.34. The van der Waals surface area contributed by atoms with Crippen LogP contribution < -0.4 is 15.0 Å². The number of hydrogen-bond donors (Lipinski definition) is 1. The monoisotopic (exact) mass is 437 g/mol. The second kappa shape index (κ2) is 6.68. The Morgan fingerprint density at radius 1 is 1.29 bits per heavy atom. The third-order valence-corrected chi connectivity index (χ3v) is 6.05. The minimum atomic E-state index is -0.853. The molecule has 1 atom stereocenters. The highest BCUT2D eigenvalue weighted by atomic mass is 79.9. The molecule has 1 spiro atoms. The summed E-state index contributed by atoms with van der Waals surface area (Å²) >= 11 is 3.52. The van der Waals surface area contributed by atoms with Gasteiger partial charge in [-0.1, -0.05) is 40.2 Å². The molecule has 0 radical (unpaired) electrons. The van der Waals surface area contributed by atoms with Crippen LogP contribution in [0.4, 0.5) is 5.69 Å². The van der Waals surface area contributed by atoms with Crippen LogP contribution >= 0.6 is 15.9 Å². The number of nitrogens with one attached hydrogen (secondary N) is 1. The molecule has 28 heavy (non-hydrogen) atoms. The number of benzene rings is 2. The van der Waals surface area contributed by atoms with Gasteiger partial charge < -0.3 is 15.0 Å². The van der Waals surface area contributed by atoms with E-state index in [-0.39, 0.29) is 19.0 Å². The number of amides is 1. The second-order valence-electron chi connectivity index (χ2n) is 7.48. The van der Waals surface area contributed by atoms with E-state index in [4.69, 9.17) is 10.00 Å². The zero-order valence-electron chi connectivity index (χ0n) is 15.7. The standard InChI is InChI=1S/C22H20BrN3O2/c1-21(2)17-5-3-4-6-18(17)26(14-20(27)25-12-11-24)22(21)10-9-15-7-8-16(23)13-19(15)28-22/h3-10,13H,12,14H2,1-2H3,(H,25,27). The van der Waals surface area contributed by atoms with Crippen molar-refractivity contribution in [3.8, 4) is 11.8 Å². The van der Waals surface area contributed by atoms with Crippen LogP contribution in [0.25, 0.3) is 6.08 Å². The molecular weight excluding hydrogens is 418 g/mol.